The van der Waals surface area contributed by atoms with Crippen LogP contribution in [0.15, 0.2) is 21.7 Å². The summed E-state index contributed by atoms with van der Waals surface area (Å²) in [4.78, 5) is 21.4. The van der Waals surface area contributed by atoms with Crippen LogP contribution in [-0.2, 0) is 4.74 Å². The van der Waals surface area contributed by atoms with Crippen molar-refractivity contribution in [3.63, 3.8) is 0 Å². The largest absolute Gasteiger partial charge is 0.444 e. The van der Waals surface area contributed by atoms with E-state index < -0.39 is 5.60 Å². The van der Waals surface area contributed by atoms with Gasteiger partial charge in [-0.05, 0) is 48.8 Å². The van der Waals surface area contributed by atoms with E-state index in [0.29, 0.717) is 25.3 Å². The van der Waals surface area contributed by atoms with Gasteiger partial charge >= 0.3 is 11.7 Å². The van der Waals surface area contributed by atoms with Crippen molar-refractivity contribution >= 4 is 38.9 Å². The molecule has 0 saturated carbocycles. The van der Waals surface area contributed by atoms with Crippen molar-refractivity contribution in [2.24, 2.45) is 4.99 Å². The van der Waals surface area contributed by atoms with E-state index in [9.17, 15) is 4.79 Å². The maximum absolute atomic E-state index is 12.3. The second-order valence-corrected chi connectivity index (χ2v) is 10.0. The number of likely N-dealkylation sites (tertiary alicyclic amines) is 1. The van der Waals surface area contributed by atoms with Gasteiger partial charge in [0.2, 0.25) is 0 Å². The molecule has 0 spiro atoms. The summed E-state index contributed by atoms with van der Waals surface area (Å²) in [5.74, 6) is 0.821. The molecule has 0 aromatic carbocycles. The Balaban J connectivity index is 1.25. The number of ether oxygens (including phenoxy) is 1. The number of aromatic nitrogens is 3. The number of hydrogen-bond donors (Lipinski definition) is 2. The van der Waals surface area contributed by atoms with Crippen molar-refractivity contribution < 1.29 is 14.1 Å². The maximum Gasteiger partial charge on any atom is 0.410 e. The molecule has 2 N–H and O–H groups in total. The predicted octanol–water partition coefficient (Wildman–Crippen LogP) is 1.15. The van der Waals surface area contributed by atoms with Crippen LogP contribution in [0.25, 0.3) is 11.0 Å². The second kappa shape index (κ2) is 5.69. The Morgan fingerprint density at radius 1 is 1.31 bits per heavy atom. The van der Waals surface area contributed by atoms with Crippen LogP contribution >= 0.6 is 15.9 Å². The fourth-order valence-corrected chi connectivity index (χ4v) is 4.88. The summed E-state index contributed by atoms with van der Waals surface area (Å²) < 4.78 is 8.77. The number of aliphatic imine (C=N–C) groups is 1. The lowest BCUT2D eigenvalue weighted by Crippen LogP contribution is -2.41. The van der Waals surface area contributed by atoms with E-state index in [1.54, 1.807) is 4.90 Å². The number of carbonyl (C=O) groups excluding carboxylic acids is 1. The van der Waals surface area contributed by atoms with E-state index >= 15 is 0 Å². The summed E-state index contributed by atoms with van der Waals surface area (Å²) in [7, 11) is 0. The zero-order chi connectivity index (χ0) is 20.1. The van der Waals surface area contributed by atoms with E-state index in [0.717, 1.165) is 27.2 Å². The molecule has 3 fully saturated rings. The van der Waals surface area contributed by atoms with Crippen molar-refractivity contribution in [3.05, 3.63) is 22.4 Å². The van der Waals surface area contributed by atoms with Crippen LogP contribution < -0.4 is 9.88 Å². The van der Waals surface area contributed by atoms with E-state index in [1.807, 2.05) is 20.8 Å². The van der Waals surface area contributed by atoms with Crippen LogP contribution in [0, 0.1) is 0 Å². The molecule has 0 radical (unpaired) electrons. The lowest BCUT2D eigenvalue weighted by molar-refractivity contribution is -0.701. The normalized spacial score (nSPS) is 31.9. The standard InChI is InChI=1S/C19H22BrN7O2/c1-19(2,3)29-18(28)25-6-10-11(7-25)22-15(21-10)14-9-4-5-13(20)27(16(9)24-23-14)17-12-8-26(12)17/h4-5,10-12,17H,6-8H2,1-3H3,(H,21,22)/p+1. The minimum Gasteiger partial charge on any atom is -0.444 e. The number of amides is 1. The Morgan fingerprint density at radius 2 is 2.10 bits per heavy atom. The molecule has 0 aliphatic carbocycles. The van der Waals surface area contributed by atoms with E-state index in [-0.39, 0.29) is 18.2 Å². The molecule has 4 aliphatic heterocycles. The monoisotopic (exact) mass is 460 g/mol. The number of nitrogens with zero attached hydrogens (tertiary/aromatic N) is 5. The molecular weight excluding hydrogens is 438 g/mol. The number of nitrogens with one attached hydrogen (secondary N) is 2. The lowest BCUT2D eigenvalue weighted by atomic mass is 10.2. The predicted molar refractivity (Wildman–Crippen MR) is 109 cm³/mol. The molecule has 5 unspecified atom stereocenters. The molecule has 6 heterocycles. The second-order valence-electron chi connectivity index (χ2n) is 9.22. The SMILES string of the molecule is CC(C)(C)OC(=O)N1CC2N=C(c3[nH]nc4c3ccc(Br)[n+]4C3C4CN43)NC2C1. The summed E-state index contributed by atoms with van der Waals surface area (Å²) >= 11 is 3.67. The number of pyridine rings is 1. The van der Waals surface area contributed by atoms with Gasteiger partial charge in [0.1, 0.15) is 22.5 Å². The highest BCUT2D eigenvalue weighted by molar-refractivity contribution is 9.10. The Labute approximate surface area is 176 Å². The maximum atomic E-state index is 12.3. The molecule has 9 nitrogen and oxygen atoms in total. The quantitative estimate of drug-likeness (QED) is 0.398. The average molecular weight is 461 g/mol. The van der Waals surface area contributed by atoms with E-state index in [1.165, 1.54) is 6.54 Å². The smallest absolute Gasteiger partial charge is 0.410 e. The number of hydrogen-bond acceptors (Lipinski definition) is 6. The molecule has 2 aromatic heterocycles. The van der Waals surface area contributed by atoms with Gasteiger partial charge in [-0.15, -0.1) is 0 Å². The first-order valence-corrected chi connectivity index (χ1v) is 10.8. The molecule has 10 heteroatoms. The third-order valence-corrected chi connectivity index (χ3v) is 6.62. The fraction of sp³-hybridized carbons (Fsp3) is 0.579. The molecule has 1 amide bonds. The Bertz CT molecular complexity index is 1070. The number of carbonyl (C=O) groups is 1. The molecule has 3 saturated heterocycles. The molecule has 2 aromatic rings. The first-order chi connectivity index (χ1) is 13.8. The zero-order valence-electron chi connectivity index (χ0n) is 16.5. The van der Waals surface area contributed by atoms with Crippen molar-refractivity contribution in [2.75, 3.05) is 19.6 Å². The summed E-state index contributed by atoms with van der Waals surface area (Å²) in [6, 6.07) is 4.94. The van der Waals surface area contributed by atoms with Gasteiger partial charge in [-0.2, -0.15) is 9.67 Å². The minimum atomic E-state index is -0.492. The lowest BCUT2D eigenvalue weighted by Gasteiger charge is -2.24. The van der Waals surface area contributed by atoms with Gasteiger partial charge in [0.05, 0.1) is 23.2 Å². The van der Waals surface area contributed by atoms with Gasteiger partial charge < -0.3 is 15.0 Å². The summed E-state index contributed by atoms with van der Waals surface area (Å²) in [5.41, 5.74) is 1.35. The molecule has 29 heavy (non-hydrogen) atoms. The number of amidine groups is 1. The minimum absolute atomic E-state index is 0.0284. The number of rotatable bonds is 2. The van der Waals surface area contributed by atoms with Crippen LogP contribution in [0.1, 0.15) is 32.6 Å². The Hall–Kier alpha value is -2.20. The van der Waals surface area contributed by atoms with Crippen LogP contribution in [-0.4, -0.2) is 75.3 Å². The molecule has 6 rings (SSSR count). The summed E-state index contributed by atoms with van der Waals surface area (Å²) in [6.07, 6.45) is 0.144. The van der Waals surface area contributed by atoms with Crippen LogP contribution in [0.4, 0.5) is 4.79 Å². The first-order valence-electron chi connectivity index (χ1n) is 9.97. The molecule has 4 aliphatic rings. The molecule has 5 atom stereocenters. The van der Waals surface area contributed by atoms with Gasteiger partial charge in [0.15, 0.2) is 10.8 Å². The van der Waals surface area contributed by atoms with Crippen LogP contribution in [0.5, 0.6) is 0 Å². The zero-order valence-corrected chi connectivity index (χ0v) is 18.1. The van der Waals surface area contributed by atoms with Crippen molar-refractivity contribution in [3.8, 4) is 0 Å². The van der Waals surface area contributed by atoms with Gasteiger partial charge in [0, 0.05) is 19.6 Å². The van der Waals surface area contributed by atoms with Crippen LogP contribution in [0.3, 0.4) is 0 Å². The number of halogens is 1. The average Bonchev–Trinajstić information content (AvgIpc) is 3.34. The van der Waals surface area contributed by atoms with E-state index in [4.69, 9.17) is 9.73 Å². The van der Waals surface area contributed by atoms with Gasteiger partial charge in [-0.3, -0.25) is 9.89 Å². The van der Waals surface area contributed by atoms with Gasteiger partial charge in [-0.1, -0.05) is 0 Å². The molecule has 152 valence electrons. The van der Waals surface area contributed by atoms with Crippen molar-refractivity contribution in [1.29, 1.82) is 0 Å². The molecule has 0 bridgehead atoms. The number of aromatic amines is 1. The Kier molecular flexibility index (Phi) is 3.46. The highest BCUT2D eigenvalue weighted by Gasteiger charge is 2.67. The molecular formula is C19H23BrN7O2+. The van der Waals surface area contributed by atoms with Crippen molar-refractivity contribution in [2.45, 2.75) is 50.7 Å². The van der Waals surface area contributed by atoms with Crippen LogP contribution in [0.2, 0.25) is 0 Å². The third-order valence-electron chi connectivity index (χ3n) is 5.97. The highest BCUT2D eigenvalue weighted by atomic mass is 79.9. The highest BCUT2D eigenvalue weighted by Crippen LogP contribution is 2.49. The summed E-state index contributed by atoms with van der Waals surface area (Å²) in [6.45, 7) is 7.98. The number of H-pyrrole nitrogens is 1. The Morgan fingerprint density at radius 3 is 2.76 bits per heavy atom. The topological polar surface area (TPSA) is 89.5 Å². The van der Waals surface area contributed by atoms with E-state index in [2.05, 4.69) is 53.0 Å². The number of fused-ring (bicyclic) bond motifs is 3. The van der Waals surface area contributed by atoms with Gasteiger partial charge in [-0.25, -0.2) is 4.79 Å². The summed E-state index contributed by atoms with van der Waals surface area (Å²) in [5, 5.41) is 12.3. The van der Waals surface area contributed by atoms with Gasteiger partial charge in [0.25, 0.3) is 0 Å². The first kappa shape index (κ1) is 17.6. The fourth-order valence-electron chi connectivity index (χ4n) is 4.37. The van der Waals surface area contributed by atoms with Crippen molar-refractivity contribution in [1.82, 2.24) is 25.3 Å². The third kappa shape index (κ3) is 2.76.